The summed E-state index contributed by atoms with van der Waals surface area (Å²) in [4.78, 5) is 0. The Balaban J connectivity index is 0.000000490. The fourth-order valence-corrected chi connectivity index (χ4v) is 5.01. The van der Waals surface area contributed by atoms with E-state index in [0.717, 1.165) is 11.8 Å². The van der Waals surface area contributed by atoms with Gasteiger partial charge in [-0.15, -0.1) is 12.4 Å². The summed E-state index contributed by atoms with van der Waals surface area (Å²) in [6, 6.07) is 0. The molecule has 0 aromatic rings. The molecule has 0 aromatic carbocycles. The van der Waals surface area contributed by atoms with Gasteiger partial charge >= 0.3 is 0 Å². The molecule has 0 aromatic heterocycles. The highest BCUT2D eigenvalue weighted by Crippen LogP contribution is 2.64. The van der Waals surface area contributed by atoms with E-state index in [4.69, 9.17) is 0 Å². The monoisotopic (exact) mass is 185 g/mol. The van der Waals surface area contributed by atoms with Gasteiger partial charge in [0.2, 0.25) is 0 Å². The van der Waals surface area contributed by atoms with E-state index in [1.54, 1.807) is 6.42 Å². The van der Waals surface area contributed by atoms with E-state index in [-0.39, 0.29) is 12.4 Å². The molecule has 12 heavy (non-hydrogen) atoms. The summed E-state index contributed by atoms with van der Waals surface area (Å²) in [5, 5.41) is 3.87. The van der Waals surface area contributed by atoms with Crippen molar-refractivity contribution in [2.75, 3.05) is 0 Å². The van der Waals surface area contributed by atoms with Crippen molar-refractivity contribution < 1.29 is 0 Å². The minimum Gasteiger partial charge on any atom is -0.306 e. The van der Waals surface area contributed by atoms with Crippen LogP contribution in [0.4, 0.5) is 0 Å². The second kappa shape index (κ2) is 1.85. The highest BCUT2D eigenvalue weighted by atomic mass is 35.5. The van der Waals surface area contributed by atoms with E-state index in [1.165, 1.54) is 32.1 Å². The molecule has 2 spiro atoms. The van der Waals surface area contributed by atoms with E-state index in [0.29, 0.717) is 11.1 Å². The van der Waals surface area contributed by atoms with Gasteiger partial charge in [-0.2, -0.15) is 0 Å². The summed E-state index contributed by atoms with van der Waals surface area (Å²) in [6.07, 6.45) is 9.19. The van der Waals surface area contributed by atoms with Crippen molar-refractivity contribution in [2.24, 2.45) is 11.8 Å². The lowest BCUT2D eigenvalue weighted by Gasteiger charge is -2.73. The highest BCUT2D eigenvalue weighted by Gasteiger charge is 2.66. The minimum absolute atomic E-state index is 0. The van der Waals surface area contributed by atoms with Gasteiger partial charge in [-0.3, -0.25) is 0 Å². The summed E-state index contributed by atoms with van der Waals surface area (Å²) in [6.45, 7) is 0. The molecule has 1 nitrogen and oxygen atoms in total. The first-order valence-electron chi connectivity index (χ1n) is 5.07. The third-order valence-electron chi connectivity index (χ3n) is 4.59. The largest absolute Gasteiger partial charge is 0.306 e. The number of hydrogen-bond donors (Lipinski definition) is 1. The Kier molecular flexibility index (Phi) is 1.18. The average molecular weight is 186 g/mol. The van der Waals surface area contributed by atoms with Crippen LogP contribution in [0.5, 0.6) is 0 Å². The predicted octanol–water partition coefficient (Wildman–Crippen LogP) is 2.10. The lowest BCUT2D eigenvalue weighted by Crippen LogP contribution is -2.81. The van der Waals surface area contributed by atoms with Gasteiger partial charge in [0.1, 0.15) is 0 Å². The molecule has 3 saturated heterocycles. The molecule has 7 fully saturated rings. The molecule has 1 N–H and O–H groups in total. The van der Waals surface area contributed by atoms with E-state index in [9.17, 15) is 0 Å². The second-order valence-electron chi connectivity index (χ2n) is 5.65. The highest BCUT2D eigenvalue weighted by molar-refractivity contribution is 5.85. The Morgan fingerprint density at radius 1 is 0.917 bits per heavy atom. The summed E-state index contributed by atoms with van der Waals surface area (Å²) >= 11 is 0. The molecular weight excluding hydrogens is 170 g/mol. The first-order valence-corrected chi connectivity index (χ1v) is 5.07. The number of hydrogen-bond acceptors (Lipinski definition) is 1. The minimum atomic E-state index is 0. The Bertz CT molecular complexity index is 179. The quantitative estimate of drug-likeness (QED) is 0.610. The van der Waals surface area contributed by atoms with Gasteiger partial charge in [0.05, 0.1) is 0 Å². The van der Waals surface area contributed by atoms with Gasteiger partial charge in [-0.1, -0.05) is 0 Å². The molecular formula is C10H16ClN. The van der Waals surface area contributed by atoms with Crippen LogP contribution in [0.25, 0.3) is 0 Å². The Morgan fingerprint density at radius 3 is 1.67 bits per heavy atom. The summed E-state index contributed by atoms with van der Waals surface area (Å²) in [5.74, 6) is 2.25. The zero-order chi connectivity index (χ0) is 7.10. The molecule has 0 atom stereocenters. The first kappa shape index (κ1) is 7.64. The van der Waals surface area contributed by atoms with Crippen molar-refractivity contribution in [3.05, 3.63) is 0 Å². The summed E-state index contributed by atoms with van der Waals surface area (Å²) < 4.78 is 0. The summed E-state index contributed by atoms with van der Waals surface area (Å²) in [5.41, 5.74) is 1.37. The molecule has 4 aliphatic carbocycles. The topological polar surface area (TPSA) is 12.0 Å². The zero-order valence-corrected chi connectivity index (χ0v) is 8.12. The molecule has 4 saturated carbocycles. The lowest BCUT2D eigenvalue weighted by molar-refractivity contribution is -0.153. The van der Waals surface area contributed by atoms with Gasteiger partial charge in [0, 0.05) is 11.1 Å². The lowest BCUT2D eigenvalue weighted by atomic mass is 9.44. The second-order valence-corrected chi connectivity index (χ2v) is 5.65. The van der Waals surface area contributed by atoms with Gasteiger partial charge in [-0.05, 0) is 50.4 Å². The van der Waals surface area contributed by atoms with Crippen molar-refractivity contribution in [1.82, 2.24) is 5.32 Å². The molecule has 3 heterocycles. The van der Waals surface area contributed by atoms with Crippen molar-refractivity contribution in [3.8, 4) is 0 Å². The third kappa shape index (κ3) is 0.667. The number of rotatable bonds is 0. The number of halogens is 1. The number of piperidine rings is 2. The first-order chi connectivity index (χ1) is 5.28. The van der Waals surface area contributed by atoms with Crippen molar-refractivity contribution >= 4 is 12.4 Å². The van der Waals surface area contributed by atoms with Crippen LogP contribution in [-0.2, 0) is 0 Å². The van der Waals surface area contributed by atoms with Crippen molar-refractivity contribution in [1.29, 1.82) is 0 Å². The maximum atomic E-state index is 3.87. The zero-order valence-electron chi connectivity index (χ0n) is 7.31. The van der Waals surface area contributed by atoms with Crippen LogP contribution in [0.1, 0.15) is 38.5 Å². The normalized spacial score (nSPS) is 64.0. The third-order valence-corrected chi connectivity index (χ3v) is 4.59. The van der Waals surface area contributed by atoms with Crippen LogP contribution < -0.4 is 5.32 Å². The number of nitrogens with one attached hydrogen (secondary N) is 1. The SMILES string of the molecule is C1C2CC34CC1CC(C2)(C3)N4.Cl. The van der Waals surface area contributed by atoms with Gasteiger partial charge in [-0.25, -0.2) is 0 Å². The van der Waals surface area contributed by atoms with Crippen LogP contribution in [0.15, 0.2) is 0 Å². The molecule has 3 aliphatic heterocycles. The van der Waals surface area contributed by atoms with E-state index in [2.05, 4.69) is 5.32 Å². The molecule has 2 heteroatoms. The van der Waals surface area contributed by atoms with Crippen LogP contribution in [0, 0.1) is 11.8 Å². The van der Waals surface area contributed by atoms with Crippen molar-refractivity contribution in [3.63, 3.8) is 0 Å². The molecule has 0 amide bonds. The molecule has 4 bridgehead atoms. The van der Waals surface area contributed by atoms with Gasteiger partial charge in [0.15, 0.2) is 0 Å². The van der Waals surface area contributed by atoms with Crippen LogP contribution >= 0.6 is 12.4 Å². The molecule has 7 rings (SSSR count). The van der Waals surface area contributed by atoms with Crippen LogP contribution in [0.2, 0.25) is 0 Å². The fraction of sp³-hybridized carbons (Fsp3) is 1.00. The fourth-order valence-electron chi connectivity index (χ4n) is 5.01. The maximum Gasteiger partial charge on any atom is 0.0209 e. The Morgan fingerprint density at radius 2 is 1.33 bits per heavy atom. The maximum absolute atomic E-state index is 3.87. The Labute approximate surface area is 79.7 Å². The van der Waals surface area contributed by atoms with Crippen LogP contribution in [0.3, 0.4) is 0 Å². The smallest absolute Gasteiger partial charge is 0.0209 e. The van der Waals surface area contributed by atoms with E-state index >= 15 is 0 Å². The van der Waals surface area contributed by atoms with Crippen LogP contribution in [-0.4, -0.2) is 11.1 Å². The van der Waals surface area contributed by atoms with Gasteiger partial charge < -0.3 is 5.32 Å². The molecule has 0 radical (unpaired) electrons. The predicted molar refractivity (Wildman–Crippen MR) is 50.5 cm³/mol. The molecule has 0 unspecified atom stereocenters. The van der Waals surface area contributed by atoms with E-state index in [1.807, 2.05) is 0 Å². The molecule has 68 valence electrons. The Hall–Kier alpha value is 0.250. The van der Waals surface area contributed by atoms with Crippen molar-refractivity contribution in [2.45, 2.75) is 49.6 Å². The van der Waals surface area contributed by atoms with Gasteiger partial charge in [0.25, 0.3) is 0 Å². The van der Waals surface area contributed by atoms with E-state index < -0.39 is 0 Å². The summed E-state index contributed by atoms with van der Waals surface area (Å²) in [7, 11) is 0. The molecule has 7 aliphatic rings. The average Bonchev–Trinajstić information content (AvgIpc) is 1.77. The standard InChI is InChI=1S/C10H15N.ClH/c1-7-2-9-4-8(1)5-10(3-7,6-9)11-9;/h7-8,11H,1-6H2;1H.